The summed E-state index contributed by atoms with van der Waals surface area (Å²) in [5.74, 6) is 1.32. The van der Waals surface area contributed by atoms with Crippen LogP contribution in [0, 0.1) is 0 Å². The predicted molar refractivity (Wildman–Crippen MR) is 68.3 cm³/mol. The Morgan fingerprint density at radius 1 is 1.17 bits per heavy atom. The highest BCUT2D eigenvalue weighted by molar-refractivity contribution is 6.32. The van der Waals surface area contributed by atoms with Gasteiger partial charge in [0.15, 0.2) is 11.5 Å². The molecule has 0 radical (unpaired) electrons. The van der Waals surface area contributed by atoms with Crippen LogP contribution < -0.4 is 15.2 Å². The van der Waals surface area contributed by atoms with Gasteiger partial charge in [-0.1, -0.05) is 11.6 Å². The maximum Gasteiger partial charge on any atom is 0.179 e. The molecule has 2 N–H and O–H groups in total. The third-order valence-electron chi connectivity index (χ3n) is 3.29. The maximum absolute atomic E-state index is 6.24. The number of rotatable bonds is 1. The first-order chi connectivity index (χ1) is 8.75. The van der Waals surface area contributed by atoms with E-state index in [0.29, 0.717) is 36.3 Å². The van der Waals surface area contributed by atoms with Crippen LogP contribution in [0.15, 0.2) is 12.1 Å². The Bertz CT molecular complexity index is 452. The molecule has 1 fully saturated rings. The van der Waals surface area contributed by atoms with E-state index in [-0.39, 0.29) is 12.1 Å². The fourth-order valence-electron chi connectivity index (χ4n) is 2.36. The van der Waals surface area contributed by atoms with E-state index in [9.17, 15) is 0 Å². The maximum atomic E-state index is 6.24. The molecular formula is C13H16ClNO3. The fraction of sp³-hybridized carbons (Fsp3) is 0.538. The molecule has 2 aliphatic heterocycles. The van der Waals surface area contributed by atoms with Crippen molar-refractivity contribution < 1.29 is 14.2 Å². The van der Waals surface area contributed by atoms with Gasteiger partial charge in [-0.05, 0) is 24.1 Å². The van der Waals surface area contributed by atoms with Crippen molar-refractivity contribution in [3.8, 4) is 11.5 Å². The van der Waals surface area contributed by atoms with Crippen LogP contribution in [0.2, 0.25) is 5.02 Å². The summed E-state index contributed by atoms with van der Waals surface area (Å²) in [4.78, 5) is 0. The van der Waals surface area contributed by atoms with Gasteiger partial charge in [-0.15, -0.1) is 0 Å². The van der Waals surface area contributed by atoms with Crippen LogP contribution in [0.4, 0.5) is 0 Å². The molecule has 3 rings (SSSR count). The van der Waals surface area contributed by atoms with Crippen LogP contribution in [-0.2, 0) is 4.74 Å². The molecule has 0 saturated carbocycles. The molecule has 18 heavy (non-hydrogen) atoms. The molecule has 2 aliphatic rings. The number of halogens is 1. The molecule has 1 aromatic carbocycles. The molecule has 1 saturated heterocycles. The minimum atomic E-state index is -0.0975. The van der Waals surface area contributed by atoms with E-state index in [2.05, 4.69) is 0 Å². The quantitative estimate of drug-likeness (QED) is 0.850. The highest BCUT2D eigenvalue weighted by Gasteiger charge is 2.28. The van der Waals surface area contributed by atoms with Gasteiger partial charge in [0.2, 0.25) is 0 Å². The van der Waals surface area contributed by atoms with Gasteiger partial charge in [0.1, 0.15) is 0 Å². The Kier molecular flexibility index (Phi) is 3.33. The van der Waals surface area contributed by atoms with E-state index in [4.69, 9.17) is 31.5 Å². The van der Waals surface area contributed by atoms with Crippen molar-refractivity contribution in [1.82, 2.24) is 0 Å². The predicted octanol–water partition coefficient (Wildman–Crippen LogP) is 2.29. The zero-order chi connectivity index (χ0) is 12.5. The minimum absolute atomic E-state index is 0.0193. The Morgan fingerprint density at radius 3 is 2.78 bits per heavy atom. The fourth-order valence-corrected chi connectivity index (χ4v) is 2.64. The first-order valence-corrected chi connectivity index (χ1v) is 6.60. The number of nitrogens with two attached hydrogens (primary N) is 1. The van der Waals surface area contributed by atoms with E-state index in [1.165, 1.54) is 0 Å². The van der Waals surface area contributed by atoms with Gasteiger partial charge in [0, 0.05) is 19.1 Å². The van der Waals surface area contributed by atoms with Crippen LogP contribution in [0.3, 0.4) is 0 Å². The van der Waals surface area contributed by atoms with Gasteiger partial charge in [0.25, 0.3) is 0 Å². The van der Waals surface area contributed by atoms with Crippen molar-refractivity contribution in [1.29, 1.82) is 0 Å². The molecule has 0 aliphatic carbocycles. The molecule has 0 aromatic heterocycles. The van der Waals surface area contributed by atoms with Crippen LogP contribution >= 0.6 is 11.6 Å². The summed E-state index contributed by atoms with van der Waals surface area (Å²) in [6, 6.07) is 3.82. The first-order valence-electron chi connectivity index (χ1n) is 6.22. The average Bonchev–Trinajstić information content (AvgIpc) is 2.63. The van der Waals surface area contributed by atoms with Crippen LogP contribution in [0.25, 0.3) is 0 Å². The smallest absolute Gasteiger partial charge is 0.179 e. The number of ether oxygens (including phenoxy) is 3. The summed E-state index contributed by atoms with van der Waals surface area (Å²) >= 11 is 6.24. The van der Waals surface area contributed by atoms with Crippen molar-refractivity contribution in [2.75, 3.05) is 19.8 Å². The topological polar surface area (TPSA) is 53.7 Å². The standard InChI is InChI=1S/C13H16ClNO3/c14-9-6-8(12-10(15)2-5-18-12)7-11-13(9)17-4-1-3-16-11/h6-7,10,12H,1-5,15H2. The molecule has 4 nitrogen and oxygen atoms in total. The summed E-state index contributed by atoms with van der Waals surface area (Å²) < 4.78 is 16.9. The largest absolute Gasteiger partial charge is 0.489 e. The summed E-state index contributed by atoms with van der Waals surface area (Å²) in [7, 11) is 0. The summed E-state index contributed by atoms with van der Waals surface area (Å²) in [6.07, 6.45) is 1.64. The van der Waals surface area contributed by atoms with Gasteiger partial charge >= 0.3 is 0 Å². The molecular weight excluding hydrogens is 254 g/mol. The van der Waals surface area contributed by atoms with Crippen LogP contribution in [0.5, 0.6) is 11.5 Å². The lowest BCUT2D eigenvalue weighted by Crippen LogP contribution is -2.23. The molecule has 5 heteroatoms. The van der Waals surface area contributed by atoms with Crippen molar-refractivity contribution in [2.24, 2.45) is 5.73 Å². The first kappa shape index (κ1) is 12.1. The van der Waals surface area contributed by atoms with E-state index in [1.807, 2.05) is 12.1 Å². The van der Waals surface area contributed by atoms with E-state index < -0.39 is 0 Å². The second kappa shape index (κ2) is 4.96. The lowest BCUT2D eigenvalue weighted by Gasteiger charge is -2.18. The van der Waals surface area contributed by atoms with Gasteiger partial charge in [-0.3, -0.25) is 0 Å². The number of hydrogen-bond donors (Lipinski definition) is 1. The van der Waals surface area contributed by atoms with Crippen LogP contribution in [-0.4, -0.2) is 25.9 Å². The van der Waals surface area contributed by atoms with Gasteiger partial charge in [0.05, 0.1) is 24.3 Å². The number of benzene rings is 1. The molecule has 1 aromatic rings. The third-order valence-corrected chi connectivity index (χ3v) is 3.57. The zero-order valence-electron chi connectivity index (χ0n) is 10.0. The molecule has 0 amide bonds. The normalized spacial score (nSPS) is 27.0. The number of fused-ring (bicyclic) bond motifs is 1. The summed E-state index contributed by atoms with van der Waals surface area (Å²) in [6.45, 7) is 1.97. The highest BCUT2D eigenvalue weighted by atomic mass is 35.5. The molecule has 2 unspecified atom stereocenters. The summed E-state index contributed by atoms with van der Waals surface area (Å²) in [5.41, 5.74) is 6.99. The van der Waals surface area contributed by atoms with Crippen molar-refractivity contribution >= 4 is 11.6 Å². The monoisotopic (exact) mass is 269 g/mol. The Labute approximate surface area is 111 Å². The SMILES string of the molecule is NC1CCOC1c1cc(Cl)c2c(c1)OCCCO2. The van der Waals surface area contributed by atoms with E-state index in [0.717, 1.165) is 18.4 Å². The minimum Gasteiger partial charge on any atom is -0.489 e. The van der Waals surface area contributed by atoms with E-state index >= 15 is 0 Å². The third kappa shape index (κ3) is 2.16. The zero-order valence-corrected chi connectivity index (χ0v) is 10.8. The Balaban J connectivity index is 1.97. The highest BCUT2D eigenvalue weighted by Crippen LogP contribution is 2.41. The molecule has 2 heterocycles. The van der Waals surface area contributed by atoms with Gasteiger partial charge in [-0.25, -0.2) is 0 Å². The lowest BCUT2D eigenvalue weighted by molar-refractivity contribution is 0.105. The molecule has 2 atom stereocenters. The van der Waals surface area contributed by atoms with Crippen molar-refractivity contribution in [3.05, 3.63) is 22.7 Å². The lowest BCUT2D eigenvalue weighted by atomic mass is 10.0. The second-order valence-electron chi connectivity index (χ2n) is 4.62. The molecule has 0 bridgehead atoms. The Hall–Kier alpha value is -0.970. The second-order valence-corrected chi connectivity index (χ2v) is 5.03. The number of hydrogen-bond acceptors (Lipinski definition) is 4. The van der Waals surface area contributed by atoms with Gasteiger partial charge < -0.3 is 19.9 Å². The van der Waals surface area contributed by atoms with E-state index in [1.54, 1.807) is 0 Å². The van der Waals surface area contributed by atoms with Crippen molar-refractivity contribution in [3.63, 3.8) is 0 Å². The van der Waals surface area contributed by atoms with Crippen molar-refractivity contribution in [2.45, 2.75) is 25.0 Å². The molecule has 98 valence electrons. The average molecular weight is 270 g/mol. The van der Waals surface area contributed by atoms with Crippen LogP contribution in [0.1, 0.15) is 24.5 Å². The molecule has 0 spiro atoms. The Morgan fingerprint density at radius 2 is 2.00 bits per heavy atom. The summed E-state index contributed by atoms with van der Waals surface area (Å²) in [5, 5.41) is 0.562. The van der Waals surface area contributed by atoms with Gasteiger partial charge in [-0.2, -0.15) is 0 Å².